The fraction of sp³-hybridized carbons (Fsp3) is 0.240. The standard InChI is InChI=1S/C25H25N3O5/c1-25(2,23(29)30)33-16-20-10-8-18(15-26-20)17-9-11-21-22(14-17)32-13-12-28(21)24(31)27-19-6-4-3-5-7-19/h3-11,14-15H,12-13,16H2,1-2H3,(H,27,31)(H,29,30). The highest BCUT2D eigenvalue weighted by atomic mass is 16.5. The summed E-state index contributed by atoms with van der Waals surface area (Å²) in [5.74, 6) is -0.405. The molecule has 0 spiro atoms. The number of nitrogens with zero attached hydrogens (tertiary/aromatic N) is 2. The van der Waals surface area contributed by atoms with Gasteiger partial charge in [0.15, 0.2) is 5.60 Å². The van der Waals surface area contributed by atoms with E-state index in [1.807, 2.05) is 54.6 Å². The van der Waals surface area contributed by atoms with E-state index in [1.54, 1.807) is 17.2 Å². The van der Waals surface area contributed by atoms with E-state index in [0.29, 0.717) is 30.3 Å². The summed E-state index contributed by atoms with van der Waals surface area (Å²) in [6, 6.07) is 18.5. The average molecular weight is 447 g/mol. The first-order valence-electron chi connectivity index (χ1n) is 10.6. The number of aliphatic carboxylic acids is 1. The van der Waals surface area contributed by atoms with E-state index in [1.165, 1.54) is 13.8 Å². The van der Waals surface area contributed by atoms with Crippen molar-refractivity contribution in [2.24, 2.45) is 0 Å². The van der Waals surface area contributed by atoms with Gasteiger partial charge in [-0.05, 0) is 49.7 Å². The minimum absolute atomic E-state index is 0.0956. The van der Waals surface area contributed by atoms with Crippen LogP contribution in [-0.2, 0) is 16.1 Å². The maximum Gasteiger partial charge on any atom is 0.335 e. The summed E-state index contributed by atoms with van der Waals surface area (Å²) >= 11 is 0. The number of urea groups is 1. The number of anilines is 2. The Hall–Kier alpha value is -3.91. The van der Waals surface area contributed by atoms with Gasteiger partial charge in [0.25, 0.3) is 0 Å². The average Bonchev–Trinajstić information content (AvgIpc) is 2.83. The number of nitrogens with one attached hydrogen (secondary N) is 1. The molecule has 2 heterocycles. The number of carbonyl (C=O) groups excluding carboxylic acids is 1. The number of pyridine rings is 1. The van der Waals surface area contributed by atoms with Crippen LogP contribution in [0.25, 0.3) is 11.1 Å². The lowest BCUT2D eigenvalue weighted by Crippen LogP contribution is -2.40. The highest BCUT2D eigenvalue weighted by Gasteiger charge is 2.28. The van der Waals surface area contributed by atoms with Crippen LogP contribution < -0.4 is 15.0 Å². The Morgan fingerprint density at radius 3 is 2.58 bits per heavy atom. The second kappa shape index (κ2) is 9.30. The van der Waals surface area contributed by atoms with Crippen molar-refractivity contribution in [1.82, 2.24) is 4.98 Å². The Bertz CT molecular complexity index is 1150. The molecular formula is C25H25N3O5. The Morgan fingerprint density at radius 2 is 1.88 bits per heavy atom. The molecule has 0 bridgehead atoms. The molecule has 1 aromatic heterocycles. The monoisotopic (exact) mass is 447 g/mol. The number of ether oxygens (including phenoxy) is 2. The Morgan fingerprint density at radius 1 is 1.12 bits per heavy atom. The third-order valence-electron chi connectivity index (χ3n) is 5.35. The lowest BCUT2D eigenvalue weighted by Gasteiger charge is -2.30. The molecule has 0 saturated carbocycles. The van der Waals surface area contributed by atoms with Crippen LogP contribution in [-0.4, -0.2) is 40.8 Å². The number of amides is 2. The van der Waals surface area contributed by atoms with Crippen molar-refractivity contribution in [1.29, 1.82) is 0 Å². The smallest absolute Gasteiger partial charge is 0.335 e. The number of carboxylic acid groups (broad SMARTS) is 1. The summed E-state index contributed by atoms with van der Waals surface area (Å²) in [7, 11) is 0. The number of hydrogen-bond acceptors (Lipinski definition) is 5. The molecule has 1 aliphatic rings. The van der Waals surface area contributed by atoms with Crippen molar-refractivity contribution < 1.29 is 24.2 Å². The molecule has 8 nitrogen and oxygen atoms in total. The molecule has 33 heavy (non-hydrogen) atoms. The van der Waals surface area contributed by atoms with Crippen molar-refractivity contribution in [2.75, 3.05) is 23.4 Å². The first-order valence-corrected chi connectivity index (χ1v) is 10.6. The quantitative estimate of drug-likeness (QED) is 0.575. The summed E-state index contributed by atoms with van der Waals surface area (Å²) in [4.78, 5) is 30.0. The molecule has 1 aliphatic heterocycles. The zero-order valence-electron chi connectivity index (χ0n) is 18.4. The second-order valence-electron chi connectivity index (χ2n) is 8.12. The normalized spacial score (nSPS) is 13.1. The summed E-state index contributed by atoms with van der Waals surface area (Å²) in [5, 5.41) is 12.1. The van der Waals surface area contributed by atoms with Crippen LogP contribution in [0.15, 0.2) is 66.9 Å². The van der Waals surface area contributed by atoms with Crippen LogP contribution in [0.3, 0.4) is 0 Å². The second-order valence-corrected chi connectivity index (χ2v) is 8.12. The zero-order valence-corrected chi connectivity index (χ0v) is 18.4. The largest absolute Gasteiger partial charge is 0.490 e. The maximum atomic E-state index is 12.8. The third kappa shape index (κ3) is 5.12. The summed E-state index contributed by atoms with van der Waals surface area (Å²) < 4.78 is 11.3. The predicted octanol–water partition coefficient (Wildman–Crippen LogP) is 4.56. The molecule has 0 aliphatic carbocycles. The number of carbonyl (C=O) groups is 2. The Balaban J connectivity index is 1.47. The zero-order chi connectivity index (χ0) is 23.4. The van der Waals surface area contributed by atoms with Crippen LogP contribution in [0.5, 0.6) is 5.75 Å². The van der Waals surface area contributed by atoms with E-state index in [-0.39, 0.29) is 12.6 Å². The number of aromatic nitrogens is 1. The van der Waals surface area contributed by atoms with Gasteiger partial charge >= 0.3 is 12.0 Å². The molecule has 0 unspecified atom stereocenters. The van der Waals surface area contributed by atoms with E-state index in [4.69, 9.17) is 14.6 Å². The number of para-hydroxylation sites is 1. The number of rotatable bonds is 6. The van der Waals surface area contributed by atoms with Gasteiger partial charge in [0.1, 0.15) is 12.4 Å². The van der Waals surface area contributed by atoms with Crippen LogP contribution in [0.1, 0.15) is 19.5 Å². The molecule has 0 saturated heterocycles. The molecule has 2 aromatic carbocycles. The number of carboxylic acids is 1. The lowest BCUT2D eigenvalue weighted by molar-refractivity contribution is -0.162. The fourth-order valence-electron chi connectivity index (χ4n) is 3.32. The minimum atomic E-state index is -1.28. The van der Waals surface area contributed by atoms with E-state index >= 15 is 0 Å². The van der Waals surface area contributed by atoms with Crippen LogP contribution in [0.4, 0.5) is 16.2 Å². The van der Waals surface area contributed by atoms with E-state index in [2.05, 4.69) is 10.3 Å². The molecule has 8 heteroatoms. The number of benzene rings is 2. The molecule has 0 radical (unpaired) electrons. The molecule has 170 valence electrons. The Kier molecular flexibility index (Phi) is 6.28. The molecule has 4 rings (SSSR count). The molecular weight excluding hydrogens is 422 g/mol. The maximum absolute atomic E-state index is 12.8. The lowest BCUT2D eigenvalue weighted by atomic mass is 10.1. The molecule has 0 atom stereocenters. The van der Waals surface area contributed by atoms with Gasteiger partial charge in [-0.3, -0.25) is 9.88 Å². The van der Waals surface area contributed by atoms with E-state index in [9.17, 15) is 9.59 Å². The number of hydrogen-bond donors (Lipinski definition) is 2. The van der Waals surface area contributed by atoms with Gasteiger partial charge in [-0.25, -0.2) is 9.59 Å². The van der Waals surface area contributed by atoms with E-state index in [0.717, 1.165) is 16.8 Å². The van der Waals surface area contributed by atoms with Crippen molar-refractivity contribution in [3.8, 4) is 16.9 Å². The summed E-state index contributed by atoms with van der Waals surface area (Å²) in [6.45, 7) is 3.94. The predicted molar refractivity (Wildman–Crippen MR) is 124 cm³/mol. The van der Waals surface area contributed by atoms with Crippen molar-refractivity contribution in [3.05, 3.63) is 72.6 Å². The third-order valence-corrected chi connectivity index (χ3v) is 5.35. The van der Waals surface area contributed by atoms with Crippen molar-refractivity contribution in [2.45, 2.75) is 26.1 Å². The summed E-state index contributed by atoms with van der Waals surface area (Å²) in [6.07, 6.45) is 1.71. The van der Waals surface area contributed by atoms with Gasteiger partial charge in [-0.2, -0.15) is 0 Å². The first kappa shape index (κ1) is 22.3. The number of fused-ring (bicyclic) bond motifs is 1. The highest BCUT2D eigenvalue weighted by molar-refractivity contribution is 6.03. The van der Waals surface area contributed by atoms with E-state index < -0.39 is 11.6 Å². The molecule has 3 aromatic rings. The van der Waals surface area contributed by atoms with Crippen LogP contribution >= 0.6 is 0 Å². The molecule has 0 fully saturated rings. The van der Waals surface area contributed by atoms with Gasteiger partial charge in [-0.15, -0.1) is 0 Å². The van der Waals surface area contributed by atoms with Crippen LogP contribution in [0, 0.1) is 0 Å². The Labute approximate surface area is 191 Å². The van der Waals surface area contributed by atoms with Crippen LogP contribution in [0.2, 0.25) is 0 Å². The van der Waals surface area contributed by atoms with Crippen molar-refractivity contribution in [3.63, 3.8) is 0 Å². The topological polar surface area (TPSA) is 101 Å². The first-order chi connectivity index (χ1) is 15.8. The van der Waals surface area contributed by atoms with Crippen molar-refractivity contribution >= 4 is 23.4 Å². The van der Waals surface area contributed by atoms with Gasteiger partial charge in [0.05, 0.1) is 24.5 Å². The molecule has 2 N–H and O–H groups in total. The SMILES string of the molecule is CC(C)(OCc1ccc(-c2ccc3c(c2)OCCN3C(=O)Nc2ccccc2)cn1)C(=O)O. The van der Waals surface area contributed by atoms with Gasteiger partial charge < -0.3 is 19.9 Å². The highest BCUT2D eigenvalue weighted by Crippen LogP contribution is 2.36. The van der Waals surface area contributed by atoms with Gasteiger partial charge in [-0.1, -0.05) is 30.3 Å². The van der Waals surface area contributed by atoms with Gasteiger partial charge in [0.2, 0.25) is 0 Å². The fourth-order valence-corrected chi connectivity index (χ4v) is 3.32. The molecule has 2 amide bonds. The van der Waals surface area contributed by atoms with Gasteiger partial charge in [0, 0.05) is 17.4 Å². The summed E-state index contributed by atoms with van der Waals surface area (Å²) in [5.41, 5.74) is 2.54. The minimum Gasteiger partial charge on any atom is -0.490 e.